The highest BCUT2D eigenvalue weighted by molar-refractivity contribution is 5.85. The molecule has 0 radical (unpaired) electrons. The maximum Gasteiger partial charge on any atom is 0.237 e. The second kappa shape index (κ2) is 8.48. The number of carbonyl (C=O) groups excluding carboxylic acids is 1. The number of amides is 1. The molecule has 3 aliphatic heterocycles. The van der Waals surface area contributed by atoms with Gasteiger partial charge in [0.2, 0.25) is 5.91 Å². The molecule has 0 aromatic rings. The Bertz CT molecular complexity index is 349. The third kappa shape index (κ3) is 4.13. The van der Waals surface area contributed by atoms with E-state index in [1.54, 1.807) is 0 Å². The Balaban J connectivity index is 0.00000176. The summed E-state index contributed by atoms with van der Waals surface area (Å²) in [6.45, 7) is 5.77. The Morgan fingerprint density at radius 1 is 1.18 bits per heavy atom. The summed E-state index contributed by atoms with van der Waals surface area (Å²) in [5.41, 5.74) is 0.132. The number of carbonyl (C=O) groups is 1. The molecule has 22 heavy (non-hydrogen) atoms. The summed E-state index contributed by atoms with van der Waals surface area (Å²) >= 11 is 0. The number of nitrogens with zero attached hydrogens (tertiary/aromatic N) is 1. The first-order chi connectivity index (χ1) is 10.3. The predicted octanol–water partition coefficient (Wildman–Crippen LogP) is 1.31. The molecule has 0 bridgehead atoms. The molecular formula is C16H30ClN3O2. The molecule has 2 N–H and O–H groups in total. The van der Waals surface area contributed by atoms with Gasteiger partial charge in [-0.15, -0.1) is 12.4 Å². The highest BCUT2D eigenvalue weighted by atomic mass is 35.5. The van der Waals surface area contributed by atoms with Crippen LogP contribution in [0.5, 0.6) is 0 Å². The first-order valence-corrected chi connectivity index (χ1v) is 8.64. The van der Waals surface area contributed by atoms with Crippen molar-refractivity contribution in [3.05, 3.63) is 0 Å². The Morgan fingerprint density at radius 3 is 2.55 bits per heavy atom. The lowest BCUT2D eigenvalue weighted by atomic mass is 9.86. The van der Waals surface area contributed by atoms with Crippen LogP contribution in [-0.4, -0.2) is 61.8 Å². The molecule has 0 aromatic carbocycles. The van der Waals surface area contributed by atoms with Gasteiger partial charge in [0.05, 0.1) is 6.04 Å². The number of rotatable bonds is 4. The van der Waals surface area contributed by atoms with Crippen LogP contribution in [-0.2, 0) is 9.53 Å². The van der Waals surface area contributed by atoms with Crippen LogP contribution >= 0.6 is 12.4 Å². The number of piperidine rings is 1. The summed E-state index contributed by atoms with van der Waals surface area (Å²) in [5.74, 6) is 0.190. The van der Waals surface area contributed by atoms with Crippen LogP contribution in [0.4, 0.5) is 0 Å². The van der Waals surface area contributed by atoms with Crippen LogP contribution < -0.4 is 10.6 Å². The summed E-state index contributed by atoms with van der Waals surface area (Å²) in [7, 11) is 0. The van der Waals surface area contributed by atoms with Crippen molar-refractivity contribution in [1.29, 1.82) is 0 Å². The molecule has 6 heteroatoms. The van der Waals surface area contributed by atoms with E-state index in [1.807, 2.05) is 0 Å². The van der Waals surface area contributed by atoms with Gasteiger partial charge in [-0.2, -0.15) is 0 Å². The average molecular weight is 332 g/mol. The molecular weight excluding hydrogens is 302 g/mol. The molecule has 3 fully saturated rings. The van der Waals surface area contributed by atoms with Crippen LogP contribution in [0.3, 0.4) is 0 Å². The summed E-state index contributed by atoms with van der Waals surface area (Å²) < 4.78 is 5.57. The van der Waals surface area contributed by atoms with Crippen molar-refractivity contribution in [2.75, 3.05) is 39.4 Å². The van der Waals surface area contributed by atoms with Crippen LogP contribution in [0.15, 0.2) is 0 Å². The lowest BCUT2D eigenvalue weighted by molar-refractivity contribution is -0.124. The fourth-order valence-corrected chi connectivity index (χ4v) is 4.01. The van der Waals surface area contributed by atoms with Crippen molar-refractivity contribution >= 4 is 18.3 Å². The van der Waals surface area contributed by atoms with Crippen molar-refractivity contribution in [2.24, 2.45) is 0 Å². The molecule has 0 spiro atoms. The van der Waals surface area contributed by atoms with Crippen molar-refractivity contribution in [2.45, 2.75) is 56.5 Å². The van der Waals surface area contributed by atoms with Gasteiger partial charge in [-0.05, 0) is 58.2 Å². The van der Waals surface area contributed by atoms with Gasteiger partial charge in [0.1, 0.15) is 0 Å². The minimum Gasteiger partial charge on any atom is -0.381 e. The molecule has 1 amide bonds. The second-order valence-electron chi connectivity index (χ2n) is 6.75. The van der Waals surface area contributed by atoms with E-state index < -0.39 is 0 Å². The first-order valence-electron chi connectivity index (χ1n) is 8.64. The normalized spacial score (nSPS) is 28.8. The molecule has 128 valence electrons. The third-order valence-electron chi connectivity index (χ3n) is 5.42. The smallest absolute Gasteiger partial charge is 0.237 e. The minimum absolute atomic E-state index is 0. The van der Waals surface area contributed by atoms with Crippen molar-refractivity contribution < 1.29 is 9.53 Å². The van der Waals surface area contributed by atoms with E-state index in [-0.39, 0.29) is 29.9 Å². The van der Waals surface area contributed by atoms with Crippen molar-refractivity contribution in [3.63, 3.8) is 0 Å². The zero-order chi connectivity index (χ0) is 14.5. The fourth-order valence-electron chi connectivity index (χ4n) is 4.01. The number of likely N-dealkylation sites (tertiary alicyclic amines) is 1. The average Bonchev–Trinajstić information content (AvgIpc) is 3.09. The van der Waals surface area contributed by atoms with E-state index in [4.69, 9.17) is 4.74 Å². The Kier molecular flexibility index (Phi) is 6.93. The van der Waals surface area contributed by atoms with Crippen molar-refractivity contribution in [1.82, 2.24) is 15.5 Å². The number of nitrogens with one attached hydrogen (secondary N) is 2. The number of ether oxygens (including phenoxy) is 1. The predicted molar refractivity (Wildman–Crippen MR) is 89.5 cm³/mol. The van der Waals surface area contributed by atoms with E-state index >= 15 is 0 Å². The Labute approximate surface area is 139 Å². The SMILES string of the molecule is Cl.O=C(NCC1(N2CCCCC2)CCOCC1)[C@@H]1CCCN1. The van der Waals surface area contributed by atoms with Gasteiger partial charge in [-0.25, -0.2) is 0 Å². The molecule has 3 aliphatic rings. The zero-order valence-electron chi connectivity index (χ0n) is 13.4. The lowest BCUT2D eigenvalue weighted by Gasteiger charge is -2.48. The number of hydrogen-bond acceptors (Lipinski definition) is 4. The van der Waals surface area contributed by atoms with Crippen LogP contribution in [0, 0.1) is 0 Å². The first kappa shape index (κ1) is 18.0. The van der Waals surface area contributed by atoms with E-state index in [0.717, 1.165) is 52.0 Å². The lowest BCUT2D eigenvalue weighted by Crippen LogP contribution is -2.60. The summed E-state index contributed by atoms with van der Waals surface area (Å²) in [4.78, 5) is 14.9. The molecule has 1 atom stereocenters. The highest BCUT2D eigenvalue weighted by Crippen LogP contribution is 2.30. The van der Waals surface area contributed by atoms with Gasteiger partial charge in [-0.3, -0.25) is 9.69 Å². The van der Waals surface area contributed by atoms with E-state index in [9.17, 15) is 4.79 Å². The zero-order valence-corrected chi connectivity index (χ0v) is 14.3. The standard InChI is InChI=1S/C16H29N3O2.ClH/c20-15(14-5-4-8-17-14)18-13-16(6-11-21-12-7-16)19-9-2-1-3-10-19;/h14,17H,1-13H2,(H,18,20);1H/t14-;/m0./s1. The van der Waals surface area contributed by atoms with Gasteiger partial charge in [0.25, 0.3) is 0 Å². The third-order valence-corrected chi connectivity index (χ3v) is 5.42. The van der Waals surface area contributed by atoms with Gasteiger partial charge in [0, 0.05) is 25.3 Å². The van der Waals surface area contributed by atoms with E-state index in [1.165, 1.54) is 32.4 Å². The maximum atomic E-state index is 12.3. The molecule has 3 heterocycles. The highest BCUT2D eigenvalue weighted by Gasteiger charge is 2.39. The number of hydrogen-bond donors (Lipinski definition) is 2. The Hall–Kier alpha value is -0.360. The summed E-state index contributed by atoms with van der Waals surface area (Å²) in [6, 6.07) is 0.0308. The summed E-state index contributed by atoms with van der Waals surface area (Å²) in [6.07, 6.45) is 8.12. The van der Waals surface area contributed by atoms with E-state index in [2.05, 4.69) is 15.5 Å². The molecule has 0 saturated carbocycles. The van der Waals surface area contributed by atoms with Crippen LogP contribution in [0.2, 0.25) is 0 Å². The topological polar surface area (TPSA) is 53.6 Å². The van der Waals surface area contributed by atoms with Crippen molar-refractivity contribution in [3.8, 4) is 0 Å². The maximum absolute atomic E-state index is 12.3. The molecule has 3 rings (SSSR count). The largest absolute Gasteiger partial charge is 0.381 e. The molecule has 3 saturated heterocycles. The van der Waals surface area contributed by atoms with Crippen LogP contribution in [0.25, 0.3) is 0 Å². The monoisotopic (exact) mass is 331 g/mol. The Morgan fingerprint density at radius 2 is 1.91 bits per heavy atom. The fraction of sp³-hybridized carbons (Fsp3) is 0.938. The van der Waals surface area contributed by atoms with Crippen LogP contribution in [0.1, 0.15) is 44.9 Å². The number of halogens is 1. The summed E-state index contributed by atoms with van der Waals surface area (Å²) in [5, 5.41) is 6.52. The van der Waals surface area contributed by atoms with E-state index in [0.29, 0.717) is 0 Å². The quantitative estimate of drug-likeness (QED) is 0.815. The van der Waals surface area contributed by atoms with Gasteiger partial charge in [0.15, 0.2) is 0 Å². The van der Waals surface area contributed by atoms with Gasteiger partial charge in [-0.1, -0.05) is 6.42 Å². The van der Waals surface area contributed by atoms with Gasteiger partial charge < -0.3 is 15.4 Å². The second-order valence-corrected chi connectivity index (χ2v) is 6.75. The molecule has 5 nitrogen and oxygen atoms in total. The van der Waals surface area contributed by atoms with Gasteiger partial charge >= 0.3 is 0 Å². The molecule has 0 unspecified atom stereocenters. The minimum atomic E-state index is 0. The molecule has 0 aromatic heterocycles. The molecule has 0 aliphatic carbocycles.